The van der Waals surface area contributed by atoms with Crippen LogP contribution in [0.2, 0.25) is 0 Å². The summed E-state index contributed by atoms with van der Waals surface area (Å²) >= 11 is 5.60. The third-order valence-electron chi connectivity index (χ3n) is 4.45. The van der Waals surface area contributed by atoms with Crippen molar-refractivity contribution in [2.45, 2.75) is 45.1 Å². The summed E-state index contributed by atoms with van der Waals surface area (Å²) in [5.41, 5.74) is 1.11. The predicted molar refractivity (Wildman–Crippen MR) is 99.0 cm³/mol. The molecule has 138 valence electrons. The predicted octanol–water partition coefficient (Wildman–Crippen LogP) is 2.75. The van der Waals surface area contributed by atoms with Gasteiger partial charge < -0.3 is 15.0 Å². The van der Waals surface area contributed by atoms with Gasteiger partial charge in [0, 0.05) is 31.4 Å². The largest absolute Gasteiger partial charge is 0.483 e. The molecule has 5 nitrogen and oxygen atoms in total. The number of aryl methyl sites for hydroxylation is 1. The first-order valence-electron chi connectivity index (χ1n) is 8.97. The summed E-state index contributed by atoms with van der Waals surface area (Å²) in [5.74, 6) is 1.32. The zero-order chi connectivity index (χ0) is 18.1. The van der Waals surface area contributed by atoms with Gasteiger partial charge in [0.15, 0.2) is 6.61 Å². The molecule has 0 aliphatic carbocycles. The van der Waals surface area contributed by atoms with Crippen LogP contribution in [-0.2, 0) is 16.0 Å². The monoisotopic (exact) mass is 366 g/mol. The average Bonchev–Trinajstić information content (AvgIpc) is 2.65. The zero-order valence-corrected chi connectivity index (χ0v) is 15.6. The van der Waals surface area contributed by atoms with E-state index in [1.165, 1.54) is 0 Å². The second-order valence-corrected chi connectivity index (χ2v) is 6.64. The maximum Gasteiger partial charge on any atom is 0.260 e. The van der Waals surface area contributed by atoms with Gasteiger partial charge in [-0.1, -0.05) is 25.1 Å². The van der Waals surface area contributed by atoms with Gasteiger partial charge in [0.1, 0.15) is 5.75 Å². The van der Waals surface area contributed by atoms with Crippen molar-refractivity contribution < 1.29 is 14.3 Å². The molecular weight excluding hydrogens is 340 g/mol. The van der Waals surface area contributed by atoms with Gasteiger partial charge in [-0.2, -0.15) is 0 Å². The van der Waals surface area contributed by atoms with Crippen LogP contribution >= 0.6 is 11.6 Å². The highest BCUT2D eigenvalue weighted by molar-refractivity contribution is 6.17. The first kappa shape index (κ1) is 19.6. The van der Waals surface area contributed by atoms with Gasteiger partial charge in [-0.3, -0.25) is 9.59 Å². The first-order valence-corrected chi connectivity index (χ1v) is 9.51. The fraction of sp³-hybridized carbons (Fsp3) is 0.579. The van der Waals surface area contributed by atoms with Crippen LogP contribution in [0.3, 0.4) is 0 Å². The van der Waals surface area contributed by atoms with Crippen molar-refractivity contribution in [1.29, 1.82) is 0 Å². The standard InChI is InChI=1S/C19H27ClN2O3/c1-2-15-6-3-4-7-17(15)25-14-19(24)22-12-9-16(10-13-22)21-18(23)8-5-11-20/h3-4,6-7,16H,2,5,8-14H2,1H3,(H,21,23). The summed E-state index contributed by atoms with van der Waals surface area (Å²) in [6, 6.07) is 7.94. The Morgan fingerprint density at radius 1 is 1.28 bits per heavy atom. The number of halogens is 1. The van der Waals surface area contributed by atoms with Crippen molar-refractivity contribution in [1.82, 2.24) is 10.2 Å². The Morgan fingerprint density at radius 2 is 2.00 bits per heavy atom. The van der Waals surface area contributed by atoms with Gasteiger partial charge in [-0.25, -0.2) is 0 Å². The lowest BCUT2D eigenvalue weighted by molar-refractivity contribution is -0.134. The van der Waals surface area contributed by atoms with E-state index in [2.05, 4.69) is 12.2 Å². The molecule has 1 aliphatic heterocycles. The first-order chi connectivity index (χ1) is 12.1. The summed E-state index contributed by atoms with van der Waals surface area (Å²) in [7, 11) is 0. The van der Waals surface area contributed by atoms with Gasteiger partial charge >= 0.3 is 0 Å². The van der Waals surface area contributed by atoms with Crippen LogP contribution in [0, 0.1) is 0 Å². The Morgan fingerprint density at radius 3 is 2.68 bits per heavy atom. The minimum absolute atomic E-state index is 0.00202. The average molecular weight is 367 g/mol. The molecule has 25 heavy (non-hydrogen) atoms. The Hall–Kier alpha value is -1.75. The zero-order valence-electron chi connectivity index (χ0n) is 14.8. The van der Waals surface area contributed by atoms with Crippen LogP contribution < -0.4 is 10.1 Å². The van der Waals surface area contributed by atoms with E-state index in [4.69, 9.17) is 16.3 Å². The van der Waals surface area contributed by atoms with Crippen LogP contribution in [0.5, 0.6) is 5.75 Å². The fourth-order valence-electron chi connectivity index (χ4n) is 2.97. The number of amides is 2. The van der Waals surface area contributed by atoms with Crippen molar-refractivity contribution >= 4 is 23.4 Å². The lowest BCUT2D eigenvalue weighted by Crippen LogP contribution is -2.47. The molecule has 2 rings (SSSR count). The topological polar surface area (TPSA) is 58.6 Å². The number of benzene rings is 1. The molecule has 0 radical (unpaired) electrons. The van der Waals surface area contributed by atoms with Crippen molar-refractivity contribution in [2.75, 3.05) is 25.6 Å². The highest BCUT2D eigenvalue weighted by Crippen LogP contribution is 2.18. The van der Waals surface area contributed by atoms with Crippen molar-refractivity contribution in [3.8, 4) is 5.75 Å². The molecule has 1 saturated heterocycles. The van der Waals surface area contributed by atoms with E-state index in [9.17, 15) is 9.59 Å². The van der Waals surface area contributed by atoms with E-state index in [1.807, 2.05) is 29.2 Å². The van der Waals surface area contributed by atoms with Crippen molar-refractivity contribution in [3.63, 3.8) is 0 Å². The van der Waals surface area contributed by atoms with Gasteiger partial charge in [-0.05, 0) is 37.3 Å². The molecule has 0 aromatic heterocycles. The number of alkyl halides is 1. The molecular formula is C19H27ClN2O3. The Bertz CT molecular complexity index is 572. The number of carbonyl (C=O) groups excluding carboxylic acids is 2. The molecule has 1 aromatic carbocycles. The number of nitrogens with one attached hydrogen (secondary N) is 1. The van der Waals surface area contributed by atoms with E-state index in [0.717, 1.165) is 30.6 Å². The molecule has 0 spiro atoms. The van der Waals surface area contributed by atoms with E-state index < -0.39 is 0 Å². The Labute approximate surface area is 154 Å². The highest BCUT2D eigenvalue weighted by Gasteiger charge is 2.24. The second kappa shape index (κ2) is 10.3. The Balaban J connectivity index is 1.73. The third-order valence-corrected chi connectivity index (χ3v) is 4.72. The van der Waals surface area contributed by atoms with Crippen LogP contribution in [0.4, 0.5) is 0 Å². The molecule has 1 N–H and O–H groups in total. The summed E-state index contributed by atoms with van der Waals surface area (Å²) in [5, 5.41) is 3.02. The summed E-state index contributed by atoms with van der Waals surface area (Å²) in [6.45, 7) is 3.43. The van der Waals surface area contributed by atoms with Crippen molar-refractivity contribution in [2.24, 2.45) is 0 Å². The summed E-state index contributed by atoms with van der Waals surface area (Å²) in [4.78, 5) is 25.9. The number of piperidine rings is 1. The van der Waals surface area contributed by atoms with E-state index in [-0.39, 0.29) is 24.5 Å². The van der Waals surface area contributed by atoms with Crippen LogP contribution in [0.15, 0.2) is 24.3 Å². The molecule has 1 fully saturated rings. The van der Waals surface area contributed by atoms with Crippen molar-refractivity contribution in [3.05, 3.63) is 29.8 Å². The van der Waals surface area contributed by atoms with Crippen LogP contribution in [0.25, 0.3) is 0 Å². The van der Waals surface area contributed by atoms with Gasteiger partial charge in [-0.15, -0.1) is 11.6 Å². The van der Waals surface area contributed by atoms with Crippen LogP contribution in [-0.4, -0.2) is 48.3 Å². The van der Waals surface area contributed by atoms with E-state index >= 15 is 0 Å². The molecule has 6 heteroatoms. The lowest BCUT2D eigenvalue weighted by Gasteiger charge is -2.32. The molecule has 0 unspecified atom stereocenters. The van der Waals surface area contributed by atoms with Gasteiger partial charge in [0.2, 0.25) is 5.91 Å². The number of para-hydroxylation sites is 1. The number of nitrogens with zero attached hydrogens (tertiary/aromatic N) is 1. The normalized spacial score (nSPS) is 15.0. The maximum absolute atomic E-state index is 12.3. The molecule has 2 amide bonds. The summed E-state index contributed by atoms with van der Waals surface area (Å²) in [6.07, 6.45) is 3.60. The van der Waals surface area contributed by atoms with E-state index in [0.29, 0.717) is 31.8 Å². The number of likely N-dealkylation sites (tertiary alicyclic amines) is 1. The molecule has 0 bridgehead atoms. The minimum atomic E-state index is -0.00202. The molecule has 0 atom stereocenters. The minimum Gasteiger partial charge on any atom is -0.483 e. The quantitative estimate of drug-likeness (QED) is 0.720. The lowest BCUT2D eigenvalue weighted by atomic mass is 10.0. The molecule has 1 aliphatic rings. The second-order valence-electron chi connectivity index (χ2n) is 6.27. The number of ether oxygens (including phenoxy) is 1. The third kappa shape index (κ3) is 6.24. The SMILES string of the molecule is CCc1ccccc1OCC(=O)N1CCC(NC(=O)CCCCl)CC1. The van der Waals surface area contributed by atoms with E-state index in [1.54, 1.807) is 0 Å². The highest BCUT2D eigenvalue weighted by atomic mass is 35.5. The molecule has 1 heterocycles. The Kier molecular flexibility index (Phi) is 8.06. The van der Waals surface area contributed by atoms with Crippen LogP contribution in [0.1, 0.15) is 38.2 Å². The maximum atomic E-state index is 12.3. The number of rotatable bonds is 8. The smallest absolute Gasteiger partial charge is 0.260 e. The fourth-order valence-corrected chi connectivity index (χ4v) is 3.10. The number of hydrogen-bond donors (Lipinski definition) is 1. The molecule has 1 aromatic rings. The van der Waals surface area contributed by atoms with Gasteiger partial charge in [0.25, 0.3) is 5.91 Å². The number of carbonyl (C=O) groups is 2. The number of hydrogen-bond acceptors (Lipinski definition) is 3. The van der Waals surface area contributed by atoms with Gasteiger partial charge in [0.05, 0.1) is 0 Å². The molecule has 0 saturated carbocycles. The summed E-state index contributed by atoms with van der Waals surface area (Å²) < 4.78 is 5.71.